The van der Waals surface area contributed by atoms with Gasteiger partial charge in [0, 0.05) is 32.7 Å². The van der Waals surface area contributed by atoms with Crippen molar-refractivity contribution in [3.63, 3.8) is 0 Å². The molecular weight excluding hydrogens is 624 g/mol. The summed E-state index contributed by atoms with van der Waals surface area (Å²) >= 11 is 0. The molecule has 0 aliphatic carbocycles. The molecule has 0 radical (unpaired) electrons. The van der Waals surface area contributed by atoms with E-state index in [9.17, 15) is 22.8 Å². The number of nitrogens with one attached hydrogen (secondary N) is 2. The highest BCUT2D eigenvalue weighted by molar-refractivity contribution is 7.89. The number of fused-ring (bicyclic) bond motifs is 1. The van der Waals surface area contributed by atoms with Crippen molar-refractivity contribution in [2.24, 2.45) is 10.9 Å². The van der Waals surface area contributed by atoms with Crippen LogP contribution in [-0.4, -0.2) is 91.3 Å². The Labute approximate surface area is 277 Å². The molecule has 0 bridgehead atoms. The molecule has 47 heavy (non-hydrogen) atoms. The monoisotopic (exact) mass is 672 g/mol. The van der Waals surface area contributed by atoms with Crippen molar-refractivity contribution in [3.05, 3.63) is 42.5 Å². The maximum atomic E-state index is 13.8. The summed E-state index contributed by atoms with van der Waals surface area (Å²) < 4.78 is 38.2. The lowest BCUT2D eigenvalue weighted by molar-refractivity contribution is 0.0550. The molecule has 2 aromatic rings. The molecule has 2 fully saturated rings. The fourth-order valence-corrected chi connectivity index (χ4v) is 6.63. The second kappa shape index (κ2) is 14.9. The number of aliphatic imine (C=N–C) groups is 1. The Morgan fingerprint density at radius 2 is 1.51 bits per heavy atom. The van der Waals surface area contributed by atoms with Crippen molar-refractivity contribution in [1.29, 1.82) is 0 Å². The van der Waals surface area contributed by atoms with E-state index in [1.165, 1.54) is 11.1 Å². The Morgan fingerprint density at radius 3 is 2.17 bits per heavy atom. The van der Waals surface area contributed by atoms with E-state index in [0.29, 0.717) is 32.5 Å². The Balaban J connectivity index is 1.58. The standard InChI is InChI=1S/C33H48N6O7S/c1-32(2,3)45-29(40)34-28(35-30(41)46-33(4,5)6)38-20-12-13-24(22-38)23-39(31(42)37-18-10-7-11-19-37)36-47(43,44)27-17-16-25-14-8-9-15-26(25)21-27/h8-9,14-17,21,24,36H,7,10-13,18-20,22-23H2,1-6H3,(H,34,35,40,41). The summed E-state index contributed by atoms with van der Waals surface area (Å²) in [6.07, 6.45) is 2.34. The molecule has 2 aliphatic rings. The van der Waals surface area contributed by atoms with E-state index in [4.69, 9.17) is 9.47 Å². The first-order valence-corrected chi connectivity index (χ1v) is 17.6. The molecule has 2 heterocycles. The average Bonchev–Trinajstić information content (AvgIpc) is 2.98. The van der Waals surface area contributed by atoms with Gasteiger partial charge in [-0.2, -0.15) is 0 Å². The number of urea groups is 1. The predicted molar refractivity (Wildman–Crippen MR) is 179 cm³/mol. The molecule has 0 saturated carbocycles. The van der Waals surface area contributed by atoms with Crippen molar-refractivity contribution < 1.29 is 32.3 Å². The van der Waals surface area contributed by atoms with Crippen LogP contribution < -0.4 is 10.1 Å². The van der Waals surface area contributed by atoms with Gasteiger partial charge in [-0.3, -0.25) is 5.32 Å². The van der Waals surface area contributed by atoms with E-state index in [0.717, 1.165) is 30.0 Å². The molecule has 14 heteroatoms. The third-order valence-electron chi connectivity index (χ3n) is 7.58. The van der Waals surface area contributed by atoms with Crippen LogP contribution in [0.25, 0.3) is 10.8 Å². The number of hydrogen-bond acceptors (Lipinski definition) is 7. The molecule has 2 N–H and O–H groups in total. The molecule has 4 rings (SSSR count). The molecule has 4 amide bonds. The van der Waals surface area contributed by atoms with Crippen LogP contribution in [0.5, 0.6) is 0 Å². The summed E-state index contributed by atoms with van der Waals surface area (Å²) in [7, 11) is -4.13. The van der Waals surface area contributed by atoms with E-state index < -0.39 is 39.4 Å². The van der Waals surface area contributed by atoms with Crippen LogP contribution in [0.4, 0.5) is 14.4 Å². The van der Waals surface area contributed by atoms with E-state index in [1.54, 1.807) is 63.5 Å². The van der Waals surface area contributed by atoms with Crippen LogP contribution >= 0.6 is 0 Å². The number of sulfonamides is 1. The first-order valence-electron chi connectivity index (χ1n) is 16.1. The number of piperidine rings is 2. The van der Waals surface area contributed by atoms with Gasteiger partial charge in [0.1, 0.15) is 11.2 Å². The number of hydrogen-bond donors (Lipinski definition) is 2. The number of alkyl carbamates (subject to hydrolysis) is 1. The lowest BCUT2D eigenvalue weighted by Crippen LogP contribution is -2.56. The number of likely N-dealkylation sites (tertiary alicyclic amines) is 2. The molecule has 2 aliphatic heterocycles. The topological polar surface area (TPSA) is 150 Å². The van der Waals surface area contributed by atoms with Crippen LogP contribution in [0, 0.1) is 5.92 Å². The van der Waals surface area contributed by atoms with Gasteiger partial charge in [0.2, 0.25) is 5.96 Å². The zero-order chi connectivity index (χ0) is 34.4. The molecule has 258 valence electrons. The Morgan fingerprint density at radius 1 is 0.872 bits per heavy atom. The largest absolute Gasteiger partial charge is 0.444 e. The van der Waals surface area contributed by atoms with E-state index in [1.807, 2.05) is 24.3 Å². The van der Waals surface area contributed by atoms with Gasteiger partial charge >= 0.3 is 18.2 Å². The number of amides is 4. The highest BCUT2D eigenvalue weighted by atomic mass is 32.2. The summed E-state index contributed by atoms with van der Waals surface area (Å²) in [6.45, 7) is 12.2. The SMILES string of the molecule is CC(C)(C)OC(=O)/N=C(/NC(=O)OC(C)(C)C)N1CCCC(CN(NS(=O)(=O)c2ccc3ccccc3c2)C(=O)N2CCCCC2)C1. The normalized spacial score (nSPS) is 18.1. The van der Waals surface area contributed by atoms with E-state index in [-0.39, 0.29) is 29.9 Å². The summed E-state index contributed by atoms with van der Waals surface area (Å²) in [5.41, 5.74) is -1.59. The smallest absolute Gasteiger partial charge is 0.437 e. The molecular formula is C33H48N6O7S. The van der Waals surface area contributed by atoms with Crippen LogP contribution in [0.2, 0.25) is 0 Å². The van der Waals surface area contributed by atoms with Gasteiger partial charge in [-0.25, -0.2) is 27.8 Å². The third-order valence-corrected chi connectivity index (χ3v) is 8.92. The molecule has 13 nitrogen and oxygen atoms in total. The average molecular weight is 673 g/mol. The molecule has 0 spiro atoms. The Bertz CT molecular complexity index is 1580. The minimum absolute atomic E-state index is 0.0381. The second-order valence-corrected chi connectivity index (χ2v) is 15.7. The van der Waals surface area contributed by atoms with E-state index in [2.05, 4.69) is 15.1 Å². The first kappa shape index (κ1) is 35.9. The van der Waals surface area contributed by atoms with Gasteiger partial charge in [-0.05, 0) is 102 Å². The van der Waals surface area contributed by atoms with Crippen molar-refractivity contribution in [3.8, 4) is 0 Å². The molecule has 2 saturated heterocycles. The Hall–Kier alpha value is -3.91. The highest BCUT2D eigenvalue weighted by Crippen LogP contribution is 2.23. The molecule has 1 atom stereocenters. The summed E-state index contributed by atoms with van der Waals surface area (Å²) in [6, 6.07) is 11.9. The molecule has 2 aromatic carbocycles. The first-order chi connectivity index (χ1) is 22.0. The number of carbonyl (C=O) groups is 3. The van der Waals surface area contributed by atoms with E-state index >= 15 is 0 Å². The van der Waals surface area contributed by atoms with Gasteiger partial charge in [0.25, 0.3) is 10.0 Å². The number of carbonyl (C=O) groups excluding carboxylic acids is 3. The summed E-state index contributed by atoms with van der Waals surface area (Å²) in [5.74, 6) is -0.273. The zero-order valence-electron chi connectivity index (χ0n) is 28.2. The van der Waals surface area contributed by atoms with Crippen LogP contribution in [-0.2, 0) is 19.5 Å². The van der Waals surface area contributed by atoms with Gasteiger partial charge < -0.3 is 19.3 Å². The number of nitrogens with zero attached hydrogens (tertiary/aromatic N) is 4. The molecule has 1 unspecified atom stereocenters. The third kappa shape index (κ3) is 10.8. The van der Waals surface area contributed by atoms with Crippen molar-refractivity contribution in [2.75, 3.05) is 32.7 Å². The summed E-state index contributed by atoms with van der Waals surface area (Å²) in [5, 5.41) is 5.45. The highest BCUT2D eigenvalue weighted by Gasteiger charge is 2.33. The maximum Gasteiger partial charge on any atom is 0.437 e. The lowest BCUT2D eigenvalue weighted by atomic mass is 9.98. The number of benzene rings is 2. The predicted octanol–water partition coefficient (Wildman–Crippen LogP) is 5.47. The van der Waals surface area contributed by atoms with Gasteiger partial charge in [0.05, 0.1) is 4.90 Å². The minimum atomic E-state index is -4.13. The second-order valence-electron chi connectivity index (χ2n) is 14.0. The van der Waals surface area contributed by atoms with Crippen LogP contribution in [0.3, 0.4) is 0 Å². The maximum absolute atomic E-state index is 13.8. The fraction of sp³-hybridized carbons (Fsp3) is 0.576. The van der Waals surface area contributed by atoms with Crippen LogP contribution in [0.1, 0.15) is 73.6 Å². The fourth-order valence-electron chi connectivity index (χ4n) is 5.55. The minimum Gasteiger partial charge on any atom is -0.444 e. The lowest BCUT2D eigenvalue weighted by Gasteiger charge is -2.38. The number of guanidine groups is 1. The van der Waals surface area contributed by atoms with Crippen LogP contribution in [0.15, 0.2) is 52.4 Å². The van der Waals surface area contributed by atoms with Crippen molar-refractivity contribution in [1.82, 2.24) is 25.0 Å². The Kier molecular flexibility index (Phi) is 11.4. The number of rotatable bonds is 5. The van der Waals surface area contributed by atoms with Gasteiger partial charge in [0.15, 0.2) is 0 Å². The summed E-state index contributed by atoms with van der Waals surface area (Å²) in [4.78, 5) is 49.4. The quantitative estimate of drug-likeness (QED) is 0.241. The number of ether oxygens (including phenoxy) is 2. The zero-order valence-corrected chi connectivity index (χ0v) is 29.1. The van der Waals surface area contributed by atoms with Crippen molar-refractivity contribution in [2.45, 2.75) is 89.7 Å². The number of hydrazine groups is 1. The van der Waals surface area contributed by atoms with Crippen molar-refractivity contribution >= 4 is 45.0 Å². The van der Waals surface area contributed by atoms with Gasteiger partial charge in [-0.15, -0.1) is 9.82 Å². The van der Waals surface area contributed by atoms with Gasteiger partial charge in [-0.1, -0.05) is 30.3 Å². The molecule has 0 aromatic heterocycles.